The van der Waals surface area contributed by atoms with Crippen LogP contribution in [-0.2, 0) is 0 Å². The third kappa shape index (κ3) is 3.53. The van der Waals surface area contributed by atoms with Crippen molar-refractivity contribution in [1.82, 2.24) is 10.7 Å². The third-order valence-corrected chi connectivity index (χ3v) is 5.14. The lowest BCUT2D eigenvalue weighted by molar-refractivity contribution is -0.254. The Balaban J connectivity index is 0.00000256. The second-order valence-corrected chi connectivity index (χ2v) is 7.46. The van der Waals surface area contributed by atoms with Gasteiger partial charge in [-0.1, -0.05) is 24.3 Å². The first-order chi connectivity index (χ1) is 13.9. The molecular weight excluding hydrogens is 378 g/mol. The lowest BCUT2D eigenvalue weighted by Crippen LogP contribution is -2.23. The molecule has 2 aromatic rings. The summed E-state index contributed by atoms with van der Waals surface area (Å²) in [5.41, 5.74) is 4.17. The maximum Gasteiger partial charge on any atom is 0.203 e. The number of hydrogen-bond acceptors (Lipinski definition) is 5. The first-order valence-electron chi connectivity index (χ1n) is 9.36. The molecule has 0 radical (unpaired) electrons. The van der Waals surface area contributed by atoms with Gasteiger partial charge >= 0.3 is 0 Å². The highest BCUT2D eigenvalue weighted by Crippen LogP contribution is 2.41. The number of carbonyl (C=O) groups excluding carboxylic acids is 1. The number of fused-ring (bicyclic) bond motifs is 2. The van der Waals surface area contributed by atoms with Crippen molar-refractivity contribution in [2.75, 3.05) is 33.1 Å². The molecule has 6 heteroatoms. The van der Waals surface area contributed by atoms with E-state index in [2.05, 4.69) is 0 Å². The van der Waals surface area contributed by atoms with Crippen molar-refractivity contribution in [2.24, 2.45) is 0 Å². The van der Waals surface area contributed by atoms with Crippen LogP contribution in [0, 0.1) is 0 Å². The Morgan fingerprint density at radius 3 is 2.37 bits per heavy atom. The number of carbonyl (C=O) groups is 1. The average Bonchev–Trinajstić information content (AvgIpc) is 2.70. The van der Waals surface area contributed by atoms with E-state index in [-0.39, 0.29) is 11.7 Å². The molecule has 2 aromatic carbocycles. The zero-order valence-corrected chi connectivity index (χ0v) is 17.6. The largest absolute Gasteiger partial charge is 0.545 e. The van der Waals surface area contributed by atoms with Gasteiger partial charge in [-0.05, 0) is 23.8 Å². The molecule has 0 saturated heterocycles. The number of carboxylic acid groups (broad SMARTS) is 1. The topological polar surface area (TPSA) is 94.5 Å². The number of nitrogens with zero attached hydrogens (tertiary/aromatic N) is 2. The van der Waals surface area contributed by atoms with Crippen molar-refractivity contribution in [1.29, 1.82) is 0 Å². The summed E-state index contributed by atoms with van der Waals surface area (Å²) in [5, 5.41) is 13.7. The minimum atomic E-state index is -1.20. The third-order valence-electron chi connectivity index (χ3n) is 5.14. The monoisotopic (exact) mass is 403 g/mol. The molecule has 154 valence electrons. The summed E-state index contributed by atoms with van der Waals surface area (Å²) in [4.78, 5) is 13.8. The normalized spacial score (nSPS) is 10.7. The molecule has 0 spiro atoms. The van der Waals surface area contributed by atoms with E-state index in [1.807, 2.05) is 86.2 Å². The van der Waals surface area contributed by atoms with Gasteiger partial charge < -0.3 is 25.4 Å². The van der Waals surface area contributed by atoms with Crippen LogP contribution < -0.4 is 26.1 Å². The predicted octanol–water partition coefficient (Wildman–Crippen LogP) is 2.83. The average molecular weight is 403 g/mol. The molecule has 0 atom stereocenters. The quantitative estimate of drug-likeness (QED) is 0.419. The number of anilines is 1. The Bertz CT molecular complexity index is 1280. The Hall–Kier alpha value is -3.64. The van der Waals surface area contributed by atoms with E-state index in [1.54, 1.807) is 12.1 Å². The van der Waals surface area contributed by atoms with Gasteiger partial charge in [-0.25, -0.2) is 4.58 Å². The van der Waals surface area contributed by atoms with E-state index in [9.17, 15) is 9.90 Å². The van der Waals surface area contributed by atoms with Gasteiger partial charge in [0.2, 0.25) is 5.36 Å². The Morgan fingerprint density at radius 1 is 0.967 bits per heavy atom. The summed E-state index contributed by atoms with van der Waals surface area (Å²) >= 11 is 0. The fourth-order valence-electron chi connectivity index (χ4n) is 3.59. The fraction of sp³-hybridized carbons (Fsp3) is 0.167. The number of hydrogen-bond donors (Lipinski definition) is 1. The zero-order chi connectivity index (χ0) is 20.7. The first kappa shape index (κ1) is 21.1. The highest BCUT2D eigenvalue weighted by Gasteiger charge is 2.20. The van der Waals surface area contributed by atoms with Crippen molar-refractivity contribution in [3.8, 4) is 22.5 Å². The fourth-order valence-corrected chi connectivity index (χ4v) is 3.59. The summed E-state index contributed by atoms with van der Waals surface area (Å²) in [6, 6.07) is 18.9. The SMILES string of the molecule is CN(C)c1ccc2c(-c3ccccc3C(=O)[O-])c3ccc(=[N+](C)C)cc-3oc2c1.N. The summed E-state index contributed by atoms with van der Waals surface area (Å²) < 4.78 is 8.28. The van der Waals surface area contributed by atoms with Crippen LogP contribution >= 0.6 is 0 Å². The molecule has 1 aliphatic heterocycles. The van der Waals surface area contributed by atoms with Crippen LogP contribution in [0.4, 0.5) is 5.69 Å². The van der Waals surface area contributed by atoms with E-state index in [0.29, 0.717) is 16.9 Å². The highest BCUT2D eigenvalue weighted by molar-refractivity contribution is 6.07. The summed E-state index contributed by atoms with van der Waals surface area (Å²) in [6.07, 6.45) is 0. The van der Waals surface area contributed by atoms with Crippen molar-refractivity contribution in [3.63, 3.8) is 0 Å². The molecule has 30 heavy (non-hydrogen) atoms. The molecule has 3 N–H and O–H groups in total. The Morgan fingerprint density at radius 2 is 1.70 bits per heavy atom. The Kier molecular flexibility index (Phi) is 5.62. The molecule has 0 aromatic heterocycles. The van der Waals surface area contributed by atoms with Gasteiger partial charge in [0, 0.05) is 54.0 Å². The van der Waals surface area contributed by atoms with Crippen LogP contribution in [0.5, 0.6) is 0 Å². The highest BCUT2D eigenvalue weighted by atomic mass is 16.4. The molecule has 0 unspecified atom stereocenters. The number of benzene rings is 3. The van der Waals surface area contributed by atoms with Crippen LogP contribution in [0.15, 0.2) is 65.1 Å². The summed E-state index contributed by atoms with van der Waals surface area (Å²) in [6.45, 7) is 0. The van der Waals surface area contributed by atoms with Gasteiger partial charge in [0.25, 0.3) is 0 Å². The van der Waals surface area contributed by atoms with E-state index in [1.165, 1.54) is 0 Å². The molecule has 0 fully saturated rings. The van der Waals surface area contributed by atoms with Crippen molar-refractivity contribution in [3.05, 3.63) is 71.6 Å². The molecule has 1 heterocycles. The molecule has 0 amide bonds. The van der Waals surface area contributed by atoms with E-state index < -0.39 is 5.97 Å². The maximum atomic E-state index is 11.8. The first-order valence-corrected chi connectivity index (χ1v) is 9.36. The van der Waals surface area contributed by atoms with Crippen LogP contribution in [-0.4, -0.2) is 34.2 Å². The van der Waals surface area contributed by atoms with Crippen LogP contribution in [0.1, 0.15) is 10.4 Å². The van der Waals surface area contributed by atoms with E-state index >= 15 is 0 Å². The molecule has 4 rings (SSSR count). The molecule has 0 saturated carbocycles. The van der Waals surface area contributed by atoms with E-state index in [0.717, 1.165) is 27.6 Å². The lowest BCUT2D eigenvalue weighted by atomic mass is 9.90. The number of rotatable bonds is 3. The molecule has 0 bridgehead atoms. The molecule has 2 aliphatic rings. The predicted molar refractivity (Wildman–Crippen MR) is 119 cm³/mol. The van der Waals surface area contributed by atoms with Gasteiger partial charge in [0.05, 0.1) is 12.0 Å². The second-order valence-electron chi connectivity index (χ2n) is 7.46. The zero-order valence-electron chi connectivity index (χ0n) is 17.6. The summed E-state index contributed by atoms with van der Waals surface area (Å²) in [7, 11) is 7.88. The summed E-state index contributed by atoms with van der Waals surface area (Å²) in [5.74, 6) is -0.500. The van der Waals surface area contributed by atoms with Crippen molar-refractivity contribution < 1.29 is 14.3 Å². The van der Waals surface area contributed by atoms with Crippen LogP contribution in [0.3, 0.4) is 0 Å². The van der Waals surface area contributed by atoms with Crippen LogP contribution in [0.25, 0.3) is 33.4 Å². The minimum absolute atomic E-state index is 0. The molecular formula is C24H25N3O3. The minimum Gasteiger partial charge on any atom is -0.545 e. The smallest absolute Gasteiger partial charge is 0.203 e. The van der Waals surface area contributed by atoms with Crippen molar-refractivity contribution in [2.45, 2.75) is 0 Å². The maximum absolute atomic E-state index is 11.8. The number of carboxylic acids is 1. The van der Waals surface area contributed by atoms with Crippen molar-refractivity contribution >= 4 is 22.6 Å². The van der Waals surface area contributed by atoms with Gasteiger partial charge in [-0.15, -0.1) is 0 Å². The van der Waals surface area contributed by atoms with Gasteiger partial charge in [-0.3, -0.25) is 0 Å². The Labute approximate surface area is 175 Å². The number of aromatic carboxylic acids is 1. The lowest BCUT2D eigenvalue weighted by Gasteiger charge is -2.19. The van der Waals surface area contributed by atoms with E-state index in [4.69, 9.17) is 4.42 Å². The van der Waals surface area contributed by atoms with Gasteiger partial charge in [0.15, 0.2) is 0 Å². The standard InChI is InChI=1S/C24H22N2O3.H3N/c1-25(2)15-9-11-19-21(13-15)29-22-14-16(26(3)4)10-12-20(22)23(19)17-7-5-6-8-18(17)24(27)28;/h5-14H,1-4H3;1H3. The molecule has 1 aliphatic carbocycles. The molecule has 6 nitrogen and oxygen atoms in total. The van der Waals surface area contributed by atoms with Crippen LogP contribution in [0.2, 0.25) is 0 Å². The van der Waals surface area contributed by atoms with Gasteiger partial charge in [-0.2, -0.15) is 0 Å². The van der Waals surface area contributed by atoms with Gasteiger partial charge in [0.1, 0.15) is 25.4 Å². The second kappa shape index (κ2) is 8.00.